The van der Waals surface area contributed by atoms with Gasteiger partial charge in [0.15, 0.2) is 0 Å². The van der Waals surface area contributed by atoms with Crippen LogP contribution in [0.25, 0.3) is 0 Å². The number of nitrogens with one attached hydrogen (secondary N) is 1. The Kier molecular flexibility index (Phi) is 4.36. The molecule has 6 heteroatoms. The van der Waals surface area contributed by atoms with Gasteiger partial charge in [0.25, 0.3) is 5.91 Å². The van der Waals surface area contributed by atoms with E-state index in [1.54, 1.807) is 12.1 Å². The Labute approximate surface area is 92.6 Å². The molecule has 16 heavy (non-hydrogen) atoms. The zero-order valence-corrected chi connectivity index (χ0v) is 8.63. The van der Waals surface area contributed by atoms with Crippen molar-refractivity contribution in [3.05, 3.63) is 30.1 Å². The summed E-state index contributed by atoms with van der Waals surface area (Å²) in [4.78, 5) is 15.4. The van der Waals surface area contributed by atoms with Crippen LogP contribution in [0, 0.1) is 0 Å². The molecule has 1 aromatic heterocycles. The molecule has 0 radical (unpaired) electrons. The van der Waals surface area contributed by atoms with E-state index in [1.165, 1.54) is 12.3 Å². The first-order valence-electron chi connectivity index (χ1n) is 4.73. The molecule has 0 fully saturated rings. The molecule has 0 atom stereocenters. The summed E-state index contributed by atoms with van der Waals surface area (Å²) in [6.45, 7) is -1.67. The van der Waals surface area contributed by atoms with Crippen LogP contribution in [0.3, 0.4) is 0 Å². The average molecular weight is 226 g/mol. The Hall–Kier alpha value is -1.50. The first-order valence-corrected chi connectivity index (χ1v) is 4.73. The number of amides is 1. The minimum atomic E-state index is -1.42. The van der Waals surface area contributed by atoms with Crippen molar-refractivity contribution in [1.29, 1.82) is 0 Å². The normalized spacial score (nSPS) is 11.2. The summed E-state index contributed by atoms with van der Waals surface area (Å²) in [7, 11) is 0. The maximum absolute atomic E-state index is 11.6. The van der Waals surface area contributed by atoms with Crippen LogP contribution in [0.4, 0.5) is 0 Å². The van der Waals surface area contributed by atoms with Gasteiger partial charge in [0.1, 0.15) is 11.2 Å². The van der Waals surface area contributed by atoms with Crippen molar-refractivity contribution in [3.8, 4) is 0 Å². The highest BCUT2D eigenvalue weighted by atomic mass is 16.3. The molecule has 0 aliphatic heterocycles. The third-order valence-corrected chi connectivity index (χ3v) is 2.18. The van der Waals surface area contributed by atoms with E-state index in [0.717, 1.165) is 0 Å². The molecule has 1 rings (SSSR count). The lowest BCUT2D eigenvalue weighted by atomic mass is 10.0. The monoisotopic (exact) mass is 226 g/mol. The number of rotatable bonds is 5. The molecule has 6 nitrogen and oxygen atoms in total. The summed E-state index contributed by atoms with van der Waals surface area (Å²) in [6, 6.07) is 4.79. The number of aromatic nitrogens is 1. The highest BCUT2D eigenvalue weighted by Gasteiger charge is 2.30. The van der Waals surface area contributed by atoms with E-state index in [4.69, 9.17) is 15.3 Å². The number of hydrogen-bond donors (Lipinski definition) is 4. The van der Waals surface area contributed by atoms with Gasteiger partial charge in [0, 0.05) is 6.20 Å². The molecule has 4 N–H and O–H groups in total. The summed E-state index contributed by atoms with van der Waals surface area (Å²) in [5, 5.41) is 29.4. The van der Waals surface area contributed by atoms with Crippen LogP contribution in [-0.2, 0) is 0 Å². The van der Waals surface area contributed by atoms with Crippen molar-refractivity contribution in [1.82, 2.24) is 10.3 Å². The summed E-state index contributed by atoms with van der Waals surface area (Å²) in [5.74, 6) is -0.558. The SMILES string of the molecule is O=C(NC(CO)(CO)CO)c1ccccn1. The van der Waals surface area contributed by atoms with Gasteiger partial charge in [-0.1, -0.05) is 6.07 Å². The molecule has 0 saturated heterocycles. The molecule has 1 heterocycles. The van der Waals surface area contributed by atoms with Crippen LogP contribution in [0.15, 0.2) is 24.4 Å². The summed E-state index contributed by atoms with van der Waals surface area (Å²) < 4.78 is 0. The number of pyridine rings is 1. The molecule has 88 valence electrons. The molecule has 1 aromatic rings. The third kappa shape index (κ3) is 2.75. The van der Waals surface area contributed by atoms with Crippen molar-refractivity contribution in [2.24, 2.45) is 0 Å². The fourth-order valence-electron chi connectivity index (χ4n) is 1.07. The van der Waals surface area contributed by atoms with Crippen molar-refractivity contribution in [3.63, 3.8) is 0 Å². The third-order valence-electron chi connectivity index (χ3n) is 2.18. The molecule has 0 aromatic carbocycles. The number of hydrogen-bond acceptors (Lipinski definition) is 5. The zero-order valence-electron chi connectivity index (χ0n) is 8.63. The second kappa shape index (κ2) is 5.55. The first-order chi connectivity index (χ1) is 7.67. The Bertz CT molecular complexity index is 330. The molecule has 0 aliphatic rings. The molecule has 0 unspecified atom stereocenters. The zero-order chi connectivity index (χ0) is 12.0. The molecular formula is C10H14N2O4. The highest BCUT2D eigenvalue weighted by Crippen LogP contribution is 2.04. The summed E-state index contributed by atoms with van der Waals surface area (Å²) >= 11 is 0. The minimum Gasteiger partial charge on any atom is -0.394 e. The quantitative estimate of drug-likeness (QED) is 0.490. The summed E-state index contributed by atoms with van der Waals surface area (Å²) in [5.41, 5.74) is -1.27. The van der Waals surface area contributed by atoms with Crippen molar-refractivity contribution in [2.45, 2.75) is 5.54 Å². The first kappa shape index (κ1) is 12.6. The summed E-state index contributed by atoms with van der Waals surface area (Å²) in [6.07, 6.45) is 1.45. The Morgan fingerprint density at radius 2 is 1.88 bits per heavy atom. The minimum absolute atomic E-state index is 0.155. The molecule has 0 bridgehead atoms. The fourth-order valence-corrected chi connectivity index (χ4v) is 1.07. The van der Waals surface area contributed by atoms with Crippen molar-refractivity contribution < 1.29 is 20.1 Å². The van der Waals surface area contributed by atoms with E-state index in [-0.39, 0.29) is 5.69 Å². The lowest BCUT2D eigenvalue weighted by Crippen LogP contribution is -2.57. The van der Waals surface area contributed by atoms with Gasteiger partial charge in [-0.25, -0.2) is 0 Å². The van der Waals surface area contributed by atoms with Crippen LogP contribution in [0.1, 0.15) is 10.5 Å². The van der Waals surface area contributed by atoms with E-state index in [2.05, 4.69) is 10.3 Å². The lowest BCUT2D eigenvalue weighted by molar-refractivity contribution is 0.0373. The smallest absolute Gasteiger partial charge is 0.270 e. The predicted molar refractivity (Wildman–Crippen MR) is 55.7 cm³/mol. The second-order valence-electron chi connectivity index (χ2n) is 3.42. The number of aliphatic hydroxyl groups is 3. The van der Waals surface area contributed by atoms with E-state index < -0.39 is 31.3 Å². The molecule has 1 amide bonds. The van der Waals surface area contributed by atoms with E-state index in [9.17, 15) is 4.79 Å². The maximum Gasteiger partial charge on any atom is 0.270 e. The van der Waals surface area contributed by atoms with Gasteiger partial charge in [-0.3, -0.25) is 9.78 Å². The largest absolute Gasteiger partial charge is 0.394 e. The second-order valence-corrected chi connectivity index (χ2v) is 3.42. The van der Waals surface area contributed by atoms with Gasteiger partial charge < -0.3 is 20.6 Å². The Morgan fingerprint density at radius 3 is 2.31 bits per heavy atom. The number of nitrogens with zero attached hydrogens (tertiary/aromatic N) is 1. The van der Waals surface area contributed by atoms with Gasteiger partial charge in [0.2, 0.25) is 0 Å². The van der Waals surface area contributed by atoms with Crippen LogP contribution < -0.4 is 5.32 Å². The molecule has 0 spiro atoms. The lowest BCUT2D eigenvalue weighted by Gasteiger charge is -2.28. The number of carbonyl (C=O) groups excluding carboxylic acids is 1. The Balaban J connectivity index is 2.77. The van der Waals surface area contributed by atoms with Crippen LogP contribution in [0.2, 0.25) is 0 Å². The Morgan fingerprint density at radius 1 is 1.25 bits per heavy atom. The number of aliphatic hydroxyl groups excluding tert-OH is 3. The van der Waals surface area contributed by atoms with Crippen molar-refractivity contribution >= 4 is 5.91 Å². The molecular weight excluding hydrogens is 212 g/mol. The average Bonchev–Trinajstić information content (AvgIpc) is 2.37. The van der Waals surface area contributed by atoms with E-state index >= 15 is 0 Å². The highest BCUT2D eigenvalue weighted by molar-refractivity contribution is 5.92. The van der Waals surface area contributed by atoms with E-state index in [0.29, 0.717) is 0 Å². The molecule has 0 aliphatic carbocycles. The van der Waals surface area contributed by atoms with Crippen LogP contribution in [-0.4, -0.2) is 51.6 Å². The van der Waals surface area contributed by atoms with Gasteiger partial charge in [-0.2, -0.15) is 0 Å². The predicted octanol–water partition coefficient (Wildman–Crippen LogP) is -1.47. The topological polar surface area (TPSA) is 103 Å². The molecule has 0 saturated carbocycles. The standard InChI is InChI=1S/C10H14N2O4/c13-5-10(6-14,7-15)12-9(16)8-3-1-2-4-11-8/h1-4,13-15H,5-7H2,(H,12,16). The fraction of sp³-hybridized carbons (Fsp3) is 0.400. The van der Waals surface area contributed by atoms with Gasteiger partial charge in [-0.15, -0.1) is 0 Å². The van der Waals surface area contributed by atoms with Crippen LogP contribution >= 0.6 is 0 Å². The van der Waals surface area contributed by atoms with Gasteiger partial charge >= 0.3 is 0 Å². The van der Waals surface area contributed by atoms with Crippen molar-refractivity contribution in [2.75, 3.05) is 19.8 Å². The van der Waals surface area contributed by atoms with Gasteiger partial charge in [-0.05, 0) is 12.1 Å². The van der Waals surface area contributed by atoms with Crippen LogP contribution in [0.5, 0.6) is 0 Å². The van der Waals surface area contributed by atoms with Gasteiger partial charge in [0.05, 0.1) is 19.8 Å². The number of carbonyl (C=O) groups is 1. The van der Waals surface area contributed by atoms with E-state index in [1.807, 2.05) is 0 Å². The maximum atomic E-state index is 11.6.